The molecule has 3 N–H and O–H groups in total. The Hall–Kier alpha value is -2.06. The molecule has 2 rings (SSSR count). The van der Waals surface area contributed by atoms with E-state index in [-0.39, 0.29) is 5.69 Å². The van der Waals surface area contributed by atoms with E-state index in [4.69, 9.17) is 5.73 Å². The zero-order chi connectivity index (χ0) is 12.5. The molecule has 0 amide bonds. The molecular weight excluding hydrogens is 244 g/mol. The molecule has 0 aliphatic carbocycles. The van der Waals surface area contributed by atoms with Crippen LogP contribution in [0.5, 0.6) is 0 Å². The molecule has 7 nitrogen and oxygen atoms in total. The van der Waals surface area contributed by atoms with E-state index >= 15 is 0 Å². The molecule has 0 atom stereocenters. The largest absolute Gasteiger partial charge is 0.399 e. The molecular formula is C9H10N4O3S. The minimum absolute atomic E-state index is 0.213. The van der Waals surface area contributed by atoms with Gasteiger partial charge in [0.15, 0.2) is 0 Å². The monoisotopic (exact) mass is 254 g/mol. The van der Waals surface area contributed by atoms with E-state index < -0.39 is 10.3 Å². The Bertz CT molecular complexity index is 609. The summed E-state index contributed by atoms with van der Waals surface area (Å²) in [5.74, 6) is 0. The summed E-state index contributed by atoms with van der Waals surface area (Å²) in [4.78, 5) is 3.72. The number of rotatable bonds is 3. The summed E-state index contributed by atoms with van der Waals surface area (Å²) in [5.41, 5.74) is 6.16. The van der Waals surface area contributed by atoms with Crippen molar-refractivity contribution in [3.05, 3.63) is 43.0 Å². The van der Waals surface area contributed by atoms with Crippen LogP contribution in [0.15, 0.2) is 43.0 Å². The Balaban J connectivity index is 2.57. The SMILES string of the molecule is Nc1cccc(N(n2ccnc2)S(=O)(=O)O)c1. The predicted molar refractivity (Wildman–Crippen MR) is 62.5 cm³/mol. The molecule has 0 saturated heterocycles. The number of hydrogen-bond donors (Lipinski definition) is 2. The van der Waals surface area contributed by atoms with Crippen molar-refractivity contribution < 1.29 is 13.0 Å². The standard InChI is InChI=1S/C9H10N4O3S/c10-8-2-1-3-9(6-8)13(17(14,15)16)12-5-4-11-7-12/h1-7H,10H2,(H,14,15,16). The van der Waals surface area contributed by atoms with Crippen LogP contribution in [-0.4, -0.2) is 22.6 Å². The summed E-state index contributed by atoms with van der Waals surface area (Å²) in [6, 6.07) is 6.12. The molecule has 0 bridgehead atoms. The summed E-state index contributed by atoms with van der Waals surface area (Å²) in [5, 5.41) is 0. The van der Waals surface area contributed by atoms with Crippen molar-refractivity contribution in [3.63, 3.8) is 0 Å². The Morgan fingerprint density at radius 1 is 1.41 bits per heavy atom. The second-order valence-corrected chi connectivity index (χ2v) is 4.50. The lowest BCUT2D eigenvalue weighted by Gasteiger charge is -2.21. The maximum Gasteiger partial charge on any atom is 0.378 e. The van der Waals surface area contributed by atoms with Gasteiger partial charge in [-0.15, -0.1) is 0 Å². The topological polar surface area (TPSA) is 101 Å². The first-order chi connectivity index (χ1) is 7.98. The first kappa shape index (κ1) is 11.4. The van der Waals surface area contributed by atoms with E-state index in [1.54, 1.807) is 12.1 Å². The molecule has 90 valence electrons. The third kappa shape index (κ3) is 2.37. The number of nitrogens with zero attached hydrogens (tertiary/aromatic N) is 3. The van der Waals surface area contributed by atoms with Crippen molar-refractivity contribution in [2.24, 2.45) is 0 Å². The molecule has 0 aliphatic rings. The van der Waals surface area contributed by atoms with Gasteiger partial charge >= 0.3 is 10.3 Å². The molecule has 1 aromatic heterocycles. The highest BCUT2D eigenvalue weighted by Crippen LogP contribution is 2.20. The first-order valence-corrected chi connectivity index (χ1v) is 6.00. The molecule has 0 unspecified atom stereocenters. The van der Waals surface area contributed by atoms with Gasteiger partial charge < -0.3 is 5.73 Å². The van der Waals surface area contributed by atoms with Crippen molar-refractivity contribution in [2.45, 2.75) is 0 Å². The van der Waals surface area contributed by atoms with Crippen LogP contribution in [0, 0.1) is 0 Å². The third-order valence-electron chi connectivity index (χ3n) is 2.01. The number of aromatic nitrogens is 2. The molecule has 1 aromatic carbocycles. The maximum atomic E-state index is 11.3. The van der Waals surface area contributed by atoms with Gasteiger partial charge in [0.05, 0.1) is 5.69 Å². The van der Waals surface area contributed by atoms with Crippen molar-refractivity contribution in [1.29, 1.82) is 0 Å². The van der Waals surface area contributed by atoms with Crippen LogP contribution >= 0.6 is 0 Å². The predicted octanol–water partition coefficient (Wildman–Crippen LogP) is 0.538. The Kier molecular flexibility index (Phi) is 2.74. The fourth-order valence-electron chi connectivity index (χ4n) is 1.39. The van der Waals surface area contributed by atoms with Crippen molar-refractivity contribution >= 4 is 21.7 Å². The number of imidazole rings is 1. The van der Waals surface area contributed by atoms with Crippen LogP contribution < -0.4 is 10.1 Å². The van der Waals surface area contributed by atoms with E-state index in [0.29, 0.717) is 10.1 Å². The Labute approximate surface area is 98.0 Å². The van der Waals surface area contributed by atoms with Gasteiger partial charge in [-0.3, -0.25) is 4.55 Å². The average Bonchev–Trinajstić information content (AvgIpc) is 2.69. The highest BCUT2D eigenvalue weighted by atomic mass is 32.2. The summed E-state index contributed by atoms with van der Waals surface area (Å²) in [6.45, 7) is 0. The van der Waals surface area contributed by atoms with Gasteiger partial charge in [-0.05, 0) is 18.2 Å². The molecule has 0 saturated carbocycles. The minimum Gasteiger partial charge on any atom is -0.399 e. The number of hydrogen-bond acceptors (Lipinski definition) is 4. The lowest BCUT2D eigenvalue weighted by atomic mass is 10.3. The zero-order valence-electron chi connectivity index (χ0n) is 8.63. The number of anilines is 2. The molecule has 0 aliphatic heterocycles. The summed E-state index contributed by atoms with van der Waals surface area (Å²) < 4.78 is 33.7. The first-order valence-electron chi connectivity index (χ1n) is 4.60. The molecule has 0 fully saturated rings. The highest BCUT2D eigenvalue weighted by molar-refractivity contribution is 7.87. The number of benzene rings is 1. The van der Waals surface area contributed by atoms with Crippen LogP contribution in [0.4, 0.5) is 11.4 Å². The van der Waals surface area contributed by atoms with E-state index in [0.717, 1.165) is 4.68 Å². The van der Waals surface area contributed by atoms with Crippen LogP contribution in [0.2, 0.25) is 0 Å². The molecule has 17 heavy (non-hydrogen) atoms. The van der Waals surface area contributed by atoms with Crippen LogP contribution in [0.1, 0.15) is 0 Å². The van der Waals surface area contributed by atoms with Crippen molar-refractivity contribution in [1.82, 2.24) is 9.66 Å². The lowest BCUT2D eigenvalue weighted by Crippen LogP contribution is -2.34. The van der Waals surface area contributed by atoms with Gasteiger partial charge in [-0.25, -0.2) is 9.66 Å². The summed E-state index contributed by atoms with van der Waals surface area (Å²) in [7, 11) is -4.46. The third-order valence-corrected chi connectivity index (χ3v) is 2.85. The smallest absolute Gasteiger partial charge is 0.378 e. The van der Waals surface area contributed by atoms with Gasteiger partial charge in [-0.1, -0.05) is 6.07 Å². The van der Waals surface area contributed by atoms with Crippen LogP contribution in [0.25, 0.3) is 0 Å². The number of nitrogens with two attached hydrogens (primary N) is 1. The molecule has 1 heterocycles. The lowest BCUT2D eigenvalue weighted by molar-refractivity contribution is 0.472. The van der Waals surface area contributed by atoms with E-state index in [1.807, 2.05) is 0 Å². The Morgan fingerprint density at radius 3 is 2.71 bits per heavy atom. The molecule has 8 heteroatoms. The number of nitrogen functional groups attached to an aromatic ring is 1. The fraction of sp³-hybridized carbons (Fsp3) is 0. The average molecular weight is 254 g/mol. The molecule has 0 radical (unpaired) electrons. The van der Waals surface area contributed by atoms with Crippen molar-refractivity contribution in [3.8, 4) is 0 Å². The summed E-state index contributed by atoms with van der Waals surface area (Å²) >= 11 is 0. The quantitative estimate of drug-likeness (QED) is 0.614. The minimum atomic E-state index is -4.46. The Morgan fingerprint density at radius 2 is 2.18 bits per heavy atom. The van der Waals surface area contributed by atoms with E-state index in [1.165, 1.54) is 30.9 Å². The van der Waals surface area contributed by atoms with E-state index in [2.05, 4.69) is 4.98 Å². The summed E-state index contributed by atoms with van der Waals surface area (Å²) in [6.07, 6.45) is 4.03. The van der Waals surface area contributed by atoms with Gasteiger partial charge in [0.25, 0.3) is 0 Å². The van der Waals surface area contributed by atoms with E-state index in [9.17, 15) is 13.0 Å². The van der Waals surface area contributed by atoms with Crippen LogP contribution in [0.3, 0.4) is 0 Å². The van der Waals surface area contributed by atoms with Gasteiger partial charge in [0, 0.05) is 18.1 Å². The molecule has 0 spiro atoms. The van der Waals surface area contributed by atoms with Gasteiger partial charge in [-0.2, -0.15) is 12.8 Å². The highest BCUT2D eigenvalue weighted by Gasteiger charge is 2.21. The molecule has 2 aromatic rings. The van der Waals surface area contributed by atoms with Gasteiger partial charge in [0.2, 0.25) is 0 Å². The van der Waals surface area contributed by atoms with Crippen LogP contribution in [-0.2, 0) is 10.3 Å². The maximum absolute atomic E-state index is 11.3. The second kappa shape index (κ2) is 4.07. The zero-order valence-corrected chi connectivity index (χ0v) is 9.45. The normalized spacial score (nSPS) is 11.4. The van der Waals surface area contributed by atoms with Crippen molar-refractivity contribution in [2.75, 3.05) is 10.1 Å². The van der Waals surface area contributed by atoms with Gasteiger partial charge in [0.1, 0.15) is 6.33 Å². The fourth-order valence-corrected chi connectivity index (χ4v) is 2.10. The second-order valence-electron chi connectivity index (χ2n) is 3.26.